The SMILES string of the molecule is CCC1CCC(NC(=O)CC(N)C2CC2)CC1. The van der Waals surface area contributed by atoms with Crippen molar-refractivity contribution in [3.05, 3.63) is 0 Å². The lowest BCUT2D eigenvalue weighted by Crippen LogP contribution is -2.40. The van der Waals surface area contributed by atoms with Crippen molar-refractivity contribution in [2.75, 3.05) is 0 Å². The number of nitrogens with two attached hydrogens (primary N) is 1. The Balaban J connectivity index is 1.64. The van der Waals surface area contributed by atoms with Crippen LogP contribution in [-0.2, 0) is 4.79 Å². The highest BCUT2D eigenvalue weighted by Crippen LogP contribution is 2.33. The molecule has 0 aromatic heterocycles. The van der Waals surface area contributed by atoms with Crippen LogP contribution in [0.25, 0.3) is 0 Å². The Morgan fingerprint density at radius 2 is 1.88 bits per heavy atom. The number of carbonyl (C=O) groups is 1. The third-order valence-corrected chi connectivity index (χ3v) is 4.44. The number of carbonyl (C=O) groups excluding carboxylic acids is 1. The first-order valence-corrected chi connectivity index (χ1v) is 7.24. The van der Waals surface area contributed by atoms with E-state index in [4.69, 9.17) is 5.73 Å². The van der Waals surface area contributed by atoms with Gasteiger partial charge in [-0.1, -0.05) is 13.3 Å². The van der Waals surface area contributed by atoms with E-state index in [2.05, 4.69) is 12.2 Å². The van der Waals surface area contributed by atoms with E-state index in [1.807, 2.05) is 0 Å². The van der Waals surface area contributed by atoms with Crippen LogP contribution in [0.3, 0.4) is 0 Å². The number of amides is 1. The summed E-state index contributed by atoms with van der Waals surface area (Å²) in [6.07, 6.45) is 9.11. The molecule has 0 spiro atoms. The second kappa shape index (κ2) is 5.85. The standard InChI is InChI=1S/C14H26N2O/c1-2-10-3-7-12(8-4-10)16-14(17)9-13(15)11-5-6-11/h10-13H,2-9,15H2,1H3,(H,16,17). The fourth-order valence-corrected chi connectivity index (χ4v) is 2.91. The van der Waals surface area contributed by atoms with Crippen LogP contribution in [0.2, 0.25) is 0 Å². The van der Waals surface area contributed by atoms with Crippen LogP contribution >= 0.6 is 0 Å². The van der Waals surface area contributed by atoms with Crippen molar-refractivity contribution in [2.45, 2.75) is 70.4 Å². The van der Waals surface area contributed by atoms with Gasteiger partial charge in [0.1, 0.15) is 0 Å². The molecule has 1 atom stereocenters. The summed E-state index contributed by atoms with van der Waals surface area (Å²) < 4.78 is 0. The smallest absolute Gasteiger partial charge is 0.221 e. The van der Waals surface area contributed by atoms with E-state index in [0.717, 1.165) is 18.8 Å². The van der Waals surface area contributed by atoms with Gasteiger partial charge in [-0.2, -0.15) is 0 Å². The van der Waals surface area contributed by atoms with E-state index < -0.39 is 0 Å². The summed E-state index contributed by atoms with van der Waals surface area (Å²) in [5.74, 6) is 1.68. The van der Waals surface area contributed by atoms with Crippen LogP contribution in [0.4, 0.5) is 0 Å². The fraction of sp³-hybridized carbons (Fsp3) is 0.929. The van der Waals surface area contributed by atoms with Crippen LogP contribution in [0.5, 0.6) is 0 Å². The zero-order valence-electron chi connectivity index (χ0n) is 11.0. The molecule has 0 radical (unpaired) electrons. The van der Waals surface area contributed by atoms with Gasteiger partial charge in [-0.15, -0.1) is 0 Å². The van der Waals surface area contributed by atoms with E-state index in [0.29, 0.717) is 18.4 Å². The summed E-state index contributed by atoms with van der Waals surface area (Å²) in [5.41, 5.74) is 5.97. The van der Waals surface area contributed by atoms with Gasteiger partial charge in [0.25, 0.3) is 0 Å². The Hall–Kier alpha value is -0.570. The Morgan fingerprint density at radius 1 is 1.24 bits per heavy atom. The summed E-state index contributed by atoms with van der Waals surface area (Å²) in [6.45, 7) is 2.26. The quantitative estimate of drug-likeness (QED) is 0.771. The third kappa shape index (κ3) is 3.98. The monoisotopic (exact) mass is 238 g/mol. The molecule has 0 aromatic carbocycles. The van der Waals surface area contributed by atoms with Crippen molar-refractivity contribution >= 4 is 5.91 Å². The highest BCUT2D eigenvalue weighted by atomic mass is 16.1. The molecule has 3 N–H and O–H groups in total. The number of hydrogen-bond donors (Lipinski definition) is 2. The van der Waals surface area contributed by atoms with Gasteiger partial charge in [0.05, 0.1) is 0 Å². The summed E-state index contributed by atoms with van der Waals surface area (Å²) in [5, 5.41) is 3.16. The second-order valence-corrected chi connectivity index (χ2v) is 5.90. The van der Waals surface area contributed by atoms with Gasteiger partial charge in [-0.25, -0.2) is 0 Å². The van der Waals surface area contributed by atoms with Crippen molar-refractivity contribution in [3.63, 3.8) is 0 Å². The minimum atomic E-state index is 0.0991. The predicted molar refractivity (Wildman–Crippen MR) is 69.5 cm³/mol. The van der Waals surface area contributed by atoms with Crippen molar-refractivity contribution in [3.8, 4) is 0 Å². The summed E-state index contributed by atoms with van der Waals surface area (Å²) in [6, 6.07) is 0.513. The Bertz CT molecular complexity index is 255. The van der Waals surface area contributed by atoms with Gasteiger partial charge >= 0.3 is 0 Å². The molecule has 0 aromatic rings. The van der Waals surface area contributed by atoms with Gasteiger partial charge in [0.2, 0.25) is 5.91 Å². The van der Waals surface area contributed by atoms with Crippen molar-refractivity contribution < 1.29 is 4.79 Å². The molecule has 0 heterocycles. The minimum absolute atomic E-state index is 0.0991. The topological polar surface area (TPSA) is 55.1 Å². The largest absolute Gasteiger partial charge is 0.353 e. The van der Waals surface area contributed by atoms with Crippen molar-refractivity contribution in [2.24, 2.45) is 17.6 Å². The lowest BCUT2D eigenvalue weighted by molar-refractivity contribution is -0.122. The molecule has 1 unspecified atom stereocenters. The highest BCUT2D eigenvalue weighted by molar-refractivity contribution is 5.77. The Morgan fingerprint density at radius 3 is 2.41 bits per heavy atom. The fourth-order valence-electron chi connectivity index (χ4n) is 2.91. The van der Waals surface area contributed by atoms with E-state index in [1.165, 1.54) is 32.1 Å². The molecule has 2 saturated carbocycles. The zero-order chi connectivity index (χ0) is 12.3. The van der Waals surface area contributed by atoms with Gasteiger partial charge < -0.3 is 11.1 Å². The molecule has 2 fully saturated rings. The lowest BCUT2D eigenvalue weighted by atomic mass is 9.84. The highest BCUT2D eigenvalue weighted by Gasteiger charge is 2.30. The summed E-state index contributed by atoms with van der Waals surface area (Å²) >= 11 is 0. The van der Waals surface area contributed by atoms with Crippen molar-refractivity contribution in [1.82, 2.24) is 5.32 Å². The van der Waals surface area contributed by atoms with Crippen LogP contribution in [0, 0.1) is 11.8 Å². The maximum absolute atomic E-state index is 11.8. The van der Waals surface area contributed by atoms with Crippen molar-refractivity contribution in [1.29, 1.82) is 0 Å². The van der Waals surface area contributed by atoms with E-state index in [9.17, 15) is 4.79 Å². The average Bonchev–Trinajstić information content (AvgIpc) is 3.13. The number of nitrogens with one attached hydrogen (secondary N) is 1. The lowest BCUT2D eigenvalue weighted by Gasteiger charge is -2.28. The molecule has 0 bridgehead atoms. The molecule has 17 heavy (non-hydrogen) atoms. The molecule has 98 valence electrons. The normalized spacial score (nSPS) is 30.9. The third-order valence-electron chi connectivity index (χ3n) is 4.44. The Kier molecular flexibility index (Phi) is 4.43. The molecule has 2 aliphatic rings. The van der Waals surface area contributed by atoms with Crippen LogP contribution in [-0.4, -0.2) is 18.0 Å². The maximum atomic E-state index is 11.8. The molecule has 3 nitrogen and oxygen atoms in total. The average molecular weight is 238 g/mol. The number of hydrogen-bond acceptors (Lipinski definition) is 2. The molecule has 0 aliphatic heterocycles. The molecule has 2 rings (SSSR count). The van der Waals surface area contributed by atoms with E-state index >= 15 is 0 Å². The van der Waals surface area contributed by atoms with Gasteiger partial charge in [-0.05, 0) is 50.4 Å². The predicted octanol–water partition coefficient (Wildman–Crippen LogP) is 2.20. The van der Waals surface area contributed by atoms with E-state index in [-0.39, 0.29) is 11.9 Å². The Labute approximate surface area is 105 Å². The first-order chi connectivity index (χ1) is 8.19. The first-order valence-electron chi connectivity index (χ1n) is 7.24. The van der Waals surface area contributed by atoms with Gasteiger partial charge in [0.15, 0.2) is 0 Å². The van der Waals surface area contributed by atoms with E-state index in [1.54, 1.807) is 0 Å². The zero-order valence-corrected chi connectivity index (χ0v) is 11.0. The second-order valence-electron chi connectivity index (χ2n) is 5.90. The minimum Gasteiger partial charge on any atom is -0.353 e. The molecule has 2 aliphatic carbocycles. The molecular formula is C14H26N2O. The molecule has 0 saturated heterocycles. The summed E-state index contributed by atoms with van der Waals surface area (Å²) in [4.78, 5) is 11.8. The van der Waals surface area contributed by atoms with Crippen LogP contribution in [0.1, 0.15) is 58.3 Å². The molecule has 1 amide bonds. The van der Waals surface area contributed by atoms with Crippen LogP contribution < -0.4 is 11.1 Å². The molecule has 3 heteroatoms. The van der Waals surface area contributed by atoms with Gasteiger partial charge in [0, 0.05) is 18.5 Å². The summed E-state index contributed by atoms with van der Waals surface area (Å²) in [7, 11) is 0. The van der Waals surface area contributed by atoms with Crippen LogP contribution in [0.15, 0.2) is 0 Å². The number of rotatable bonds is 5. The first kappa shape index (κ1) is 12.9. The molecular weight excluding hydrogens is 212 g/mol. The maximum Gasteiger partial charge on any atom is 0.221 e. The van der Waals surface area contributed by atoms with Gasteiger partial charge in [-0.3, -0.25) is 4.79 Å².